The Hall–Kier alpha value is -0.970. The van der Waals surface area contributed by atoms with Gasteiger partial charge in [0, 0.05) is 6.42 Å². The van der Waals surface area contributed by atoms with Crippen LogP contribution in [0.5, 0.6) is 0 Å². The van der Waals surface area contributed by atoms with Gasteiger partial charge in [0.25, 0.3) is 0 Å². The van der Waals surface area contributed by atoms with Crippen LogP contribution in [0.1, 0.15) is 118 Å². The van der Waals surface area contributed by atoms with E-state index in [2.05, 4.69) is 25.7 Å². The molecule has 0 spiro atoms. The van der Waals surface area contributed by atoms with E-state index in [1.165, 1.54) is 31.3 Å². The van der Waals surface area contributed by atoms with E-state index < -0.39 is 23.5 Å². The highest BCUT2D eigenvalue weighted by atomic mass is 19.1. The molecule has 0 aromatic carbocycles. The number of hydrogen-bond acceptors (Lipinski definition) is 3. The number of aliphatic hydroxyl groups is 3. The minimum Gasteiger partial charge on any atom is -0.393 e. The second-order valence-corrected chi connectivity index (χ2v) is 13.8. The maximum Gasteiger partial charge on any atom is 0.127 e. The molecule has 3 rings (SSSR count). The maximum absolute atomic E-state index is 14.3. The van der Waals surface area contributed by atoms with Crippen molar-refractivity contribution in [3.05, 3.63) is 35.5 Å². The van der Waals surface area contributed by atoms with Crippen molar-refractivity contribution in [2.75, 3.05) is 0 Å². The fourth-order valence-corrected chi connectivity index (χ4v) is 7.63. The highest BCUT2D eigenvalue weighted by Crippen LogP contribution is 2.60. The number of hydrogen-bond donors (Lipinski definition) is 3. The summed E-state index contributed by atoms with van der Waals surface area (Å²) in [5, 5.41) is 30.6. The van der Waals surface area contributed by atoms with Crippen molar-refractivity contribution in [3.63, 3.8) is 0 Å². The molecule has 3 aliphatic carbocycles. The summed E-state index contributed by atoms with van der Waals surface area (Å²) >= 11 is 0. The van der Waals surface area contributed by atoms with E-state index in [1.54, 1.807) is 0 Å². The van der Waals surface area contributed by atoms with E-state index in [4.69, 9.17) is 0 Å². The van der Waals surface area contributed by atoms with Crippen LogP contribution in [0, 0.1) is 23.2 Å². The highest BCUT2D eigenvalue weighted by molar-refractivity contribution is 5.38. The second kappa shape index (κ2) is 11.8. The molecule has 0 heterocycles. The minimum atomic E-state index is -1.14. The third-order valence-corrected chi connectivity index (χ3v) is 9.56. The molecule has 206 valence electrons. The topological polar surface area (TPSA) is 60.7 Å². The summed E-state index contributed by atoms with van der Waals surface area (Å²) in [6.07, 6.45) is 15.2. The third kappa shape index (κ3) is 7.77. The van der Waals surface area contributed by atoms with E-state index in [0.717, 1.165) is 50.5 Å². The summed E-state index contributed by atoms with van der Waals surface area (Å²) in [4.78, 5) is 0. The molecule has 3 nitrogen and oxygen atoms in total. The van der Waals surface area contributed by atoms with E-state index in [1.807, 2.05) is 27.7 Å². The number of rotatable bonds is 10. The van der Waals surface area contributed by atoms with Crippen LogP contribution in [0.4, 0.5) is 4.39 Å². The van der Waals surface area contributed by atoms with Gasteiger partial charge in [-0.2, -0.15) is 0 Å². The molecule has 1 unspecified atom stereocenters. The largest absolute Gasteiger partial charge is 0.393 e. The summed E-state index contributed by atoms with van der Waals surface area (Å²) in [6, 6.07) is 0. The molecular weight excluding hydrogens is 451 g/mol. The SMILES string of the molecule is C=C1/C(=C\C=C2CCC[C@@]3(C)C2CC[C@@H]3C(CCCC(C)(C)O)CCCC(C)(C)O)C[C@@H](O)C[C@H]1F. The summed E-state index contributed by atoms with van der Waals surface area (Å²) in [5.74, 6) is 1.83. The van der Waals surface area contributed by atoms with Gasteiger partial charge in [-0.3, -0.25) is 0 Å². The summed E-state index contributed by atoms with van der Waals surface area (Å²) < 4.78 is 14.3. The van der Waals surface area contributed by atoms with E-state index in [9.17, 15) is 19.7 Å². The summed E-state index contributed by atoms with van der Waals surface area (Å²) in [7, 11) is 0. The highest BCUT2D eigenvalue weighted by Gasteiger charge is 2.51. The van der Waals surface area contributed by atoms with Gasteiger partial charge in [0.15, 0.2) is 0 Å². The van der Waals surface area contributed by atoms with E-state index in [0.29, 0.717) is 29.7 Å². The molecule has 0 aromatic rings. The second-order valence-electron chi connectivity index (χ2n) is 13.8. The Morgan fingerprint density at radius 2 is 1.67 bits per heavy atom. The Morgan fingerprint density at radius 1 is 1.06 bits per heavy atom. The van der Waals surface area contributed by atoms with Gasteiger partial charge >= 0.3 is 0 Å². The van der Waals surface area contributed by atoms with Crippen LogP contribution >= 0.6 is 0 Å². The first-order valence-electron chi connectivity index (χ1n) is 14.6. The van der Waals surface area contributed by atoms with Crippen molar-refractivity contribution in [2.45, 2.75) is 142 Å². The van der Waals surface area contributed by atoms with Crippen molar-refractivity contribution in [1.82, 2.24) is 0 Å². The van der Waals surface area contributed by atoms with Gasteiger partial charge in [-0.05, 0) is 113 Å². The monoisotopic (exact) mass is 504 g/mol. The molecular formula is C32H53FO3. The quantitative estimate of drug-likeness (QED) is 0.287. The van der Waals surface area contributed by atoms with Crippen molar-refractivity contribution >= 4 is 0 Å². The molecule has 0 amide bonds. The first-order valence-corrected chi connectivity index (χ1v) is 14.6. The van der Waals surface area contributed by atoms with Gasteiger partial charge in [0.05, 0.1) is 17.3 Å². The zero-order chi connectivity index (χ0) is 26.7. The van der Waals surface area contributed by atoms with Crippen molar-refractivity contribution < 1.29 is 19.7 Å². The average molecular weight is 505 g/mol. The Labute approximate surface area is 220 Å². The first kappa shape index (κ1) is 29.6. The molecule has 4 heteroatoms. The number of aliphatic hydroxyl groups excluding tert-OH is 1. The fraction of sp³-hybridized carbons (Fsp3) is 0.812. The molecule has 36 heavy (non-hydrogen) atoms. The van der Waals surface area contributed by atoms with Gasteiger partial charge in [-0.25, -0.2) is 4.39 Å². The standard InChI is InChI=1S/C32H53FO3/c1-22-25(20-26(34)21-29(22)33)14-13-24-12-9-19-32(6)27(15-16-28(24)32)23(10-7-17-30(2,3)35)11-8-18-31(4,5)36/h13-14,23,26-29,34-36H,1,7-12,15-21H2,2-6H3/b24-13?,25-14-/t26-,27-,28?,29-,32-/m1/s1. The van der Waals surface area contributed by atoms with Crippen LogP contribution in [0.25, 0.3) is 0 Å². The van der Waals surface area contributed by atoms with E-state index in [-0.39, 0.29) is 11.8 Å². The van der Waals surface area contributed by atoms with Crippen LogP contribution in [0.15, 0.2) is 35.5 Å². The molecule has 3 fully saturated rings. The van der Waals surface area contributed by atoms with Crippen LogP contribution in [-0.2, 0) is 0 Å². The molecule has 5 atom stereocenters. The summed E-state index contributed by atoms with van der Waals surface area (Å²) in [5.41, 5.74) is 1.92. The minimum absolute atomic E-state index is 0.164. The van der Waals surface area contributed by atoms with Crippen molar-refractivity contribution in [1.29, 1.82) is 0 Å². The fourth-order valence-electron chi connectivity index (χ4n) is 7.63. The smallest absolute Gasteiger partial charge is 0.127 e. The normalized spacial score (nSPS) is 34.1. The van der Waals surface area contributed by atoms with Gasteiger partial charge in [0.2, 0.25) is 0 Å². The zero-order valence-corrected chi connectivity index (χ0v) is 23.7. The molecule has 0 saturated heterocycles. The van der Waals surface area contributed by atoms with Crippen LogP contribution < -0.4 is 0 Å². The molecule has 3 aliphatic rings. The third-order valence-electron chi connectivity index (χ3n) is 9.56. The predicted molar refractivity (Wildman–Crippen MR) is 147 cm³/mol. The molecule has 0 aromatic heterocycles. The Balaban J connectivity index is 1.77. The van der Waals surface area contributed by atoms with Crippen LogP contribution in [-0.4, -0.2) is 38.8 Å². The van der Waals surface area contributed by atoms with Gasteiger partial charge < -0.3 is 15.3 Å². The van der Waals surface area contributed by atoms with Crippen LogP contribution in [0.3, 0.4) is 0 Å². The first-order chi connectivity index (χ1) is 16.7. The number of halogens is 1. The lowest BCUT2D eigenvalue weighted by Gasteiger charge is -2.45. The molecule has 3 N–H and O–H groups in total. The summed E-state index contributed by atoms with van der Waals surface area (Å²) in [6.45, 7) is 14.1. The number of allylic oxidation sites excluding steroid dienone is 4. The molecule has 0 radical (unpaired) electrons. The van der Waals surface area contributed by atoms with E-state index >= 15 is 0 Å². The molecule has 0 bridgehead atoms. The predicted octanol–water partition coefficient (Wildman–Crippen LogP) is 7.60. The van der Waals surface area contributed by atoms with Gasteiger partial charge in [-0.15, -0.1) is 0 Å². The van der Waals surface area contributed by atoms with Crippen LogP contribution in [0.2, 0.25) is 0 Å². The zero-order valence-electron chi connectivity index (χ0n) is 23.7. The number of alkyl halides is 1. The van der Waals surface area contributed by atoms with Crippen molar-refractivity contribution in [3.8, 4) is 0 Å². The Bertz CT molecular complexity index is 794. The van der Waals surface area contributed by atoms with Gasteiger partial charge in [-0.1, -0.05) is 56.9 Å². The molecule has 0 aliphatic heterocycles. The average Bonchev–Trinajstić information content (AvgIpc) is 3.10. The van der Waals surface area contributed by atoms with Gasteiger partial charge in [0.1, 0.15) is 6.17 Å². The lowest BCUT2D eigenvalue weighted by molar-refractivity contribution is 0.0480. The number of fused-ring (bicyclic) bond motifs is 1. The van der Waals surface area contributed by atoms with Crippen molar-refractivity contribution in [2.24, 2.45) is 23.2 Å². The lowest BCUT2D eigenvalue weighted by atomic mass is 9.60. The lowest BCUT2D eigenvalue weighted by Crippen LogP contribution is -2.37. The Morgan fingerprint density at radius 3 is 2.25 bits per heavy atom. The maximum atomic E-state index is 14.3. The Kier molecular flexibility index (Phi) is 9.72. The molecule has 3 saturated carbocycles.